The molecule has 0 unspecified atom stereocenters. The van der Waals surface area contributed by atoms with E-state index in [0.29, 0.717) is 0 Å². The van der Waals surface area contributed by atoms with Crippen LogP contribution in [0.5, 0.6) is 0 Å². The maximum absolute atomic E-state index is 11.9. The van der Waals surface area contributed by atoms with Gasteiger partial charge in [-0.1, -0.05) is 19.8 Å². The van der Waals surface area contributed by atoms with Gasteiger partial charge in [0, 0.05) is 0 Å². The van der Waals surface area contributed by atoms with Crippen molar-refractivity contribution < 1.29 is 19.1 Å². The van der Waals surface area contributed by atoms with E-state index in [9.17, 15) is 9.59 Å². The van der Waals surface area contributed by atoms with E-state index in [1.807, 2.05) is 6.92 Å². The van der Waals surface area contributed by atoms with Crippen LogP contribution < -0.4 is 5.32 Å². The summed E-state index contributed by atoms with van der Waals surface area (Å²) in [6.07, 6.45) is 3.38. The first kappa shape index (κ1) is 15.8. The molecule has 1 saturated carbocycles. The number of nitrogens with one attached hydrogen (secondary N) is 1. The SMILES string of the molecule is COC(=O)[C@@H](NC(=O)OC(C)(C)C)C1(C)CCCC1. The molecule has 0 heterocycles. The van der Waals surface area contributed by atoms with Crippen molar-refractivity contribution in [3.05, 3.63) is 0 Å². The lowest BCUT2D eigenvalue weighted by molar-refractivity contribution is -0.146. The fourth-order valence-corrected chi connectivity index (χ4v) is 2.53. The lowest BCUT2D eigenvalue weighted by Crippen LogP contribution is -2.52. The Morgan fingerprint density at radius 2 is 1.74 bits per heavy atom. The summed E-state index contributed by atoms with van der Waals surface area (Å²) in [5.74, 6) is -0.407. The second-order valence-corrected chi connectivity index (χ2v) is 6.46. The fourth-order valence-electron chi connectivity index (χ4n) is 2.53. The van der Waals surface area contributed by atoms with E-state index in [0.717, 1.165) is 25.7 Å². The number of ether oxygens (including phenoxy) is 2. The van der Waals surface area contributed by atoms with Gasteiger partial charge in [0.2, 0.25) is 0 Å². The zero-order valence-electron chi connectivity index (χ0n) is 12.5. The van der Waals surface area contributed by atoms with Gasteiger partial charge in [-0.15, -0.1) is 0 Å². The van der Waals surface area contributed by atoms with Crippen molar-refractivity contribution in [1.82, 2.24) is 5.32 Å². The second kappa shape index (κ2) is 5.80. The summed E-state index contributed by atoms with van der Waals surface area (Å²) in [5.41, 5.74) is -0.828. The quantitative estimate of drug-likeness (QED) is 0.801. The number of hydrogen-bond acceptors (Lipinski definition) is 4. The van der Waals surface area contributed by atoms with Gasteiger partial charge in [0.1, 0.15) is 11.6 Å². The van der Waals surface area contributed by atoms with Crippen LogP contribution in [0.4, 0.5) is 4.79 Å². The van der Waals surface area contributed by atoms with Crippen LogP contribution in [0.2, 0.25) is 0 Å². The molecule has 1 rings (SSSR count). The molecule has 1 atom stereocenters. The molecule has 5 nitrogen and oxygen atoms in total. The van der Waals surface area contributed by atoms with Crippen molar-refractivity contribution in [3.63, 3.8) is 0 Å². The Bertz CT molecular complexity index is 340. The Morgan fingerprint density at radius 3 is 2.16 bits per heavy atom. The molecule has 0 bridgehead atoms. The van der Waals surface area contributed by atoms with Crippen LogP contribution in [-0.4, -0.2) is 30.8 Å². The molecule has 0 radical (unpaired) electrons. The molecule has 0 spiro atoms. The summed E-state index contributed by atoms with van der Waals surface area (Å²) >= 11 is 0. The number of rotatable bonds is 3. The minimum Gasteiger partial charge on any atom is -0.467 e. The van der Waals surface area contributed by atoms with Crippen molar-refractivity contribution >= 4 is 12.1 Å². The smallest absolute Gasteiger partial charge is 0.408 e. The number of hydrogen-bond donors (Lipinski definition) is 1. The zero-order chi connectivity index (χ0) is 14.7. The average Bonchev–Trinajstić information content (AvgIpc) is 2.70. The third kappa shape index (κ3) is 4.40. The third-order valence-corrected chi connectivity index (χ3v) is 3.54. The van der Waals surface area contributed by atoms with E-state index in [-0.39, 0.29) is 5.41 Å². The van der Waals surface area contributed by atoms with Crippen LogP contribution >= 0.6 is 0 Å². The molecule has 0 saturated heterocycles. The van der Waals surface area contributed by atoms with Gasteiger partial charge in [0.05, 0.1) is 7.11 Å². The summed E-state index contributed by atoms with van der Waals surface area (Å²) in [4.78, 5) is 23.8. The number of carbonyl (C=O) groups excluding carboxylic acids is 2. The maximum atomic E-state index is 11.9. The van der Waals surface area contributed by atoms with Crippen molar-refractivity contribution in [2.45, 2.75) is 65.0 Å². The summed E-state index contributed by atoms with van der Waals surface area (Å²) < 4.78 is 10.0. The Balaban J connectivity index is 2.76. The topological polar surface area (TPSA) is 64.6 Å². The minimum atomic E-state index is -0.644. The van der Waals surface area contributed by atoms with Crippen molar-refractivity contribution in [2.75, 3.05) is 7.11 Å². The maximum Gasteiger partial charge on any atom is 0.408 e. The highest BCUT2D eigenvalue weighted by atomic mass is 16.6. The van der Waals surface area contributed by atoms with E-state index in [1.54, 1.807) is 20.8 Å². The summed E-state index contributed by atoms with van der Waals surface area (Å²) in [6, 6.07) is -0.644. The van der Waals surface area contributed by atoms with Crippen LogP contribution in [0.15, 0.2) is 0 Å². The summed E-state index contributed by atoms with van der Waals surface area (Å²) in [5, 5.41) is 2.67. The van der Waals surface area contributed by atoms with Gasteiger partial charge in [-0.25, -0.2) is 9.59 Å². The molecule has 0 aliphatic heterocycles. The second-order valence-electron chi connectivity index (χ2n) is 6.46. The van der Waals surface area contributed by atoms with E-state index in [1.165, 1.54) is 7.11 Å². The van der Waals surface area contributed by atoms with Gasteiger partial charge in [-0.2, -0.15) is 0 Å². The molecule has 5 heteroatoms. The molecular formula is C14H25NO4. The summed E-state index contributed by atoms with van der Waals surface area (Å²) in [7, 11) is 1.34. The molecular weight excluding hydrogens is 246 g/mol. The zero-order valence-corrected chi connectivity index (χ0v) is 12.5. The van der Waals surface area contributed by atoms with Crippen LogP contribution in [0.25, 0.3) is 0 Å². The lowest BCUT2D eigenvalue weighted by atomic mass is 9.80. The Morgan fingerprint density at radius 1 is 1.21 bits per heavy atom. The number of carbonyl (C=O) groups is 2. The van der Waals surface area contributed by atoms with E-state index in [2.05, 4.69) is 5.32 Å². The highest BCUT2D eigenvalue weighted by Gasteiger charge is 2.43. The van der Waals surface area contributed by atoms with E-state index >= 15 is 0 Å². The molecule has 0 aromatic heterocycles. The van der Waals surface area contributed by atoms with Crippen LogP contribution in [0.1, 0.15) is 53.4 Å². The molecule has 1 aliphatic carbocycles. The highest BCUT2D eigenvalue weighted by Crippen LogP contribution is 2.41. The molecule has 1 amide bonds. The number of amides is 1. The van der Waals surface area contributed by atoms with Crippen LogP contribution in [0.3, 0.4) is 0 Å². The monoisotopic (exact) mass is 271 g/mol. The van der Waals surface area contributed by atoms with Crippen molar-refractivity contribution in [3.8, 4) is 0 Å². The standard InChI is InChI=1S/C14H25NO4/c1-13(2,3)19-12(17)15-10(11(16)18-5)14(4)8-6-7-9-14/h10H,6-9H2,1-5H3,(H,15,17)/t10-/m1/s1. The molecule has 0 aromatic carbocycles. The number of methoxy groups -OCH3 is 1. The van der Waals surface area contributed by atoms with Gasteiger partial charge < -0.3 is 14.8 Å². The molecule has 110 valence electrons. The first-order valence-corrected chi connectivity index (χ1v) is 6.75. The first-order valence-electron chi connectivity index (χ1n) is 6.75. The van der Waals surface area contributed by atoms with Crippen molar-refractivity contribution in [1.29, 1.82) is 0 Å². The predicted molar refractivity (Wildman–Crippen MR) is 71.7 cm³/mol. The lowest BCUT2D eigenvalue weighted by Gasteiger charge is -2.33. The molecule has 1 fully saturated rings. The highest BCUT2D eigenvalue weighted by molar-refractivity contribution is 5.82. The van der Waals surface area contributed by atoms with Crippen LogP contribution in [-0.2, 0) is 14.3 Å². The predicted octanol–water partition coefficient (Wildman–Crippen LogP) is 2.63. The van der Waals surface area contributed by atoms with Gasteiger partial charge >= 0.3 is 12.1 Å². The summed E-state index contributed by atoms with van der Waals surface area (Å²) in [6.45, 7) is 7.38. The van der Waals surface area contributed by atoms with E-state index in [4.69, 9.17) is 9.47 Å². The minimum absolute atomic E-state index is 0.246. The Labute approximate surface area is 115 Å². The van der Waals surface area contributed by atoms with E-state index < -0.39 is 23.7 Å². The largest absolute Gasteiger partial charge is 0.467 e. The Kier molecular flexibility index (Phi) is 4.82. The van der Waals surface area contributed by atoms with Gasteiger partial charge in [0.25, 0.3) is 0 Å². The average molecular weight is 271 g/mol. The van der Waals surface area contributed by atoms with Crippen LogP contribution in [0, 0.1) is 5.41 Å². The first-order chi connectivity index (χ1) is 8.68. The number of esters is 1. The number of alkyl carbamates (subject to hydrolysis) is 1. The molecule has 1 aliphatic rings. The van der Waals surface area contributed by atoms with Gasteiger partial charge in [-0.05, 0) is 39.0 Å². The van der Waals surface area contributed by atoms with Gasteiger partial charge in [0.15, 0.2) is 0 Å². The Hall–Kier alpha value is -1.26. The van der Waals surface area contributed by atoms with Crippen molar-refractivity contribution in [2.24, 2.45) is 5.41 Å². The molecule has 0 aromatic rings. The third-order valence-electron chi connectivity index (χ3n) is 3.54. The molecule has 19 heavy (non-hydrogen) atoms. The fraction of sp³-hybridized carbons (Fsp3) is 0.857. The van der Waals surface area contributed by atoms with Gasteiger partial charge in [-0.3, -0.25) is 0 Å². The molecule has 1 N–H and O–H groups in total. The normalized spacial score (nSPS) is 19.6.